The Bertz CT molecular complexity index is 1070. The molecule has 0 aromatic heterocycles. The summed E-state index contributed by atoms with van der Waals surface area (Å²) in [7, 11) is 0. The van der Waals surface area contributed by atoms with Crippen LogP contribution < -0.4 is 0 Å². The minimum absolute atomic E-state index is 0.128. The van der Waals surface area contributed by atoms with Gasteiger partial charge in [0.15, 0.2) is 0 Å². The summed E-state index contributed by atoms with van der Waals surface area (Å²) in [5, 5.41) is 25.8. The molecule has 4 aromatic carbocycles. The number of rotatable bonds is 6. The Morgan fingerprint density at radius 2 is 0.686 bits per heavy atom. The lowest BCUT2D eigenvalue weighted by atomic mass is 9.58. The zero-order valence-corrected chi connectivity index (χ0v) is 19.9. The van der Waals surface area contributed by atoms with Crippen molar-refractivity contribution in [2.24, 2.45) is 23.7 Å². The first-order chi connectivity index (χ1) is 17.1. The molecule has 2 saturated carbocycles. The number of aliphatic hydroxyl groups is 2. The number of benzene rings is 4. The van der Waals surface area contributed by atoms with Crippen LogP contribution >= 0.6 is 0 Å². The average molecular weight is 461 g/mol. The topological polar surface area (TPSA) is 40.5 Å². The minimum Gasteiger partial charge on any atom is -0.380 e. The van der Waals surface area contributed by atoms with Crippen LogP contribution in [0.5, 0.6) is 0 Å². The predicted octanol–water partition coefficient (Wildman–Crippen LogP) is 6.52. The van der Waals surface area contributed by atoms with Crippen molar-refractivity contribution in [3.63, 3.8) is 0 Å². The van der Waals surface area contributed by atoms with Crippen LogP contribution in [0.15, 0.2) is 121 Å². The van der Waals surface area contributed by atoms with E-state index in [1.807, 2.05) is 121 Å². The van der Waals surface area contributed by atoms with Gasteiger partial charge in [0, 0.05) is 11.8 Å². The smallest absolute Gasteiger partial charge is 0.118 e. The van der Waals surface area contributed by atoms with Crippen LogP contribution in [0.2, 0.25) is 0 Å². The fourth-order valence-electron chi connectivity index (χ4n) is 7.37. The second-order valence-corrected chi connectivity index (χ2v) is 10.4. The van der Waals surface area contributed by atoms with Gasteiger partial charge in [0.05, 0.1) is 0 Å². The van der Waals surface area contributed by atoms with Gasteiger partial charge in [-0.15, -0.1) is 0 Å². The third-order valence-electron chi connectivity index (χ3n) is 8.74. The number of hydrogen-bond acceptors (Lipinski definition) is 2. The van der Waals surface area contributed by atoms with E-state index in [0.29, 0.717) is 11.8 Å². The van der Waals surface area contributed by atoms with Crippen LogP contribution in [0.1, 0.15) is 41.5 Å². The Balaban J connectivity index is 1.60. The van der Waals surface area contributed by atoms with E-state index in [1.54, 1.807) is 0 Å². The van der Waals surface area contributed by atoms with Gasteiger partial charge in [-0.25, -0.2) is 0 Å². The van der Waals surface area contributed by atoms with E-state index in [-0.39, 0.29) is 11.8 Å². The summed E-state index contributed by atoms with van der Waals surface area (Å²) < 4.78 is 0. The third kappa shape index (κ3) is 3.47. The monoisotopic (exact) mass is 460 g/mol. The van der Waals surface area contributed by atoms with Crippen molar-refractivity contribution in [2.45, 2.75) is 30.5 Å². The van der Waals surface area contributed by atoms with Crippen LogP contribution in [-0.4, -0.2) is 10.2 Å². The molecule has 2 N–H and O–H groups in total. The highest BCUT2D eigenvalue weighted by molar-refractivity contribution is 5.43. The van der Waals surface area contributed by atoms with E-state index in [0.717, 1.165) is 41.5 Å². The molecule has 0 aliphatic heterocycles. The zero-order valence-electron chi connectivity index (χ0n) is 19.9. The van der Waals surface area contributed by atoms with Crippen LogP contribution in [0, 0.1) is 23.7 Å². The number of hydrogen-bond donors (Lipinski definition) is 2. The van der Waals surface area contributed by atoms with Crippen molar-refractivity contribution in [1.82, 2.24) is 0 Å². The molecule has 2 fully saturated rings. The summed E-state index contributed by atoms with van der Waals surface area (Å²) in [5.74, 6) is 0.427. The van der Waals surface area contributed by atoms with Crippen molar-refractivity contribution >= 4 is 0 Å². The van der Waals surface area contributed by atoms with E-state index in [2.05, 4.69) is 0 Å². The van der Waals surface area contributed by atoms with Crippen molar-refractivity contribution in [3.05, 3.63) is 144 Å². The van der Waals surface area contributed by atoms with Crippen molar-refractivity contribution < 1.29 is 10.2 Å². The molecule has 176 valence electrons. The Kier molecular flexibility index (Phi) is 5.59. The Labute approximate surface area is 207 Å². The third-order valence-corrected chi connectivity index (χ3v) is 8.74. The Morgan fingerprint density at radius 3 is 0.943 bits per heavy atom. The largest absolute Gasteiger partial charge is 0.380 e. The molecule has 2 bridgehead atoms. The molecule has 0 radical (unpaired) electrons. The fourth-order valence-corrected chi connectivity index (χ4v) is 7.37. The van der Waals surface area contributed by atoms with E-state index in [4.69, 9.17) is 0 Å². The summed E-state index contributed by atoms with van der Waals surface area (Å²) in [6.07, 6.45) is 3.22. The van der Waals surface area contributed by atoms with Crippen LogP contribution in [0.4, 0.5) is 0 Å². The van der Waals surface area contributed by atoms with Crippen molar-refractivity contribution in [1.29, 1.82) is 0 Å². The predicted molar refractivity (Wildman–Crippen MR) is 140 cm³/mol. The summed E-state index contributed by atoms with van der Waals surface area (Å²) >= 11 is 0. The molecule has 0 amide bonds. The average Bonchev–Trinajstić information content (AvgIpc) is 3.57. The van der Waals surface area contributed by atoms with Gasteiger partial charge in [0.1, 0.15) is 11.2 Å². The number of fused-ring (bicyclic) bond motifs is 2. The highest BCUT2D eigenvalue weighted by Gasteiger charge is 2.63. The van der Waals surface area contributed by atoms with E-state index < -0.39 is 11.2 Å². The lowest BCUT2D eigenvalue weighted by Crippen LogP contribution is -2.51. The summed E-state index contributed by atoms with van der Waals surface area (Å²) in [6, 6.07) is 40.4. The fraction of sp³-hybridized carbons (Fsp3) is 0.273. The maximum absolute atomic E-state index is 12.9. The van der Waals surface area contributed by atoms with E-state index in [1.165, 1.54) is 0 Å². The molecule has 0 saturated heterocycles. The van der Waals surface area contributed by atoms with Crippen molar-refractivity contribution in [3.8, 4) is 0 Å². The molecular weight excluding hydrogens is 428 g/mol. The second kappa shape index (κ2) is 8.78. The second-order valence-electron chi connectivity index (χ2n) is 10.4. The van der Waals surface area contributed by atoms with Crippen LogP contribution in [-0.2, 0) is 11.2 Å². The lowest BCUT2D eigenvalue weighted by Gasteiger charge is -2.50. The van der Waals surface area contributed by atoms with Gasteiger partial charge in [-0.1, -0.05) is 121 Å². The molecule has 6 rings (SSSR count). The molecule has 2 nitrogen and oxygen atoms in total. The molecule has 4 atom stereocenters. The standard InChI is InChI=1S/C33H32O2/c34-32(26-13-5-1-6-14-26,27-15-7-2-8-16-27)30-24-21-22-25(23-24)31(30)33(35,28-17-9-3-10-18-28)29-19-11-4-12-20-29/h1-20,24-25,30-31,34-35H,21-23H2/t24-,25+,30-,31-/m0/s1. The van der Waals surface area contributed by atoms with Gasteiger partial charge < -0.3 is 10.2 Å². The summed E-state index contributed by atoms with van der Waals surface area (Å²) in [4.78, 5) is 0. The van der Waals surface area contributed by atoms with Gasteiger partial charge in [-0.3, -0.25) is 0 Å². The molecule has 35 heavy (non-hydrogen) atoms. The zero-order chi connectivity index (χ0) is 23.9. The first-order valence-electron chi connectivity index (χ1n) is 12.8. The maximum atomic E-state index is 12.9. The quantitative estimate of drug-likeness (QED) is 0.344. The van der Waals surface area contributed by atoms with Gasteiger partial charge in [-0.05, 0) is 53.4 Å². The maximum Gasteiger partial charge on any atom is 0.118 e. The normalized spacial score (nSPS) is 23.9. The first kappa shape index (κ1) is 22.3. The van der Waals surface area contributed by atoms with E-state index in [9.17, 15) is 10.2 Å². The summed E-state index contributed by atoms with van der Waals surface area (Å²) in [5.41, 5.74) is 1.19. The van der Waals surface area contributed by atoms with Gasteiger partial charge in [0.2, 0.25) is 0 Å². The lowest BCUT2D eigenvalue weighted by molar-refractivity contribution is -0.105. The van der Waals surface area contributed by atoms with Crippen LogP contribution in [0.25, 0.3) is 0 Å². The Morgan fingerprint density at radius 1 is 0.429 bits per heavy atom. The van der Waals surface area contributed by atoms with Crippen LogP contribution in [0.3, 0.4) is 0 Å². The van der Waals surface area contributed by atoms with Gasteiger partial charge >= 0.3 is 0 Å². The molecule has 2 heteroatoms. The Hall–Kier alpha value is -3.20. The molecule has 4 aromatic rings. The molecule has 2 aliphatic carbocycles. The van der Waals surface area contributed by atoms with E-state index >= 15 is 0 Å². The van der Waals surface area contributed by atoms with Crippen molar-refractivity contribution in [2.75, 3.05) is 0 Å². The molecule has 0 spiro atoms. The van der Waals surface area contributed by atoms with Gasteiger partial charge in [0.25, 0.3) is 0 Å². The first-order valence-corrected chi connectivity index (χ1v) is 12.8. The highest BCUT2D eigenvalue weighted by atomic mass is 16.3. The molecule has 0 heterocycles. The molecular formula is C33H32O2. The highest BCUT2D eigenvalue weighted by Crippen LogP contribution is 2.64. The summed E-state index contributed by atoms with van der Waals surface area (Å²) in [6.45, 7) is 0. The minimum atomic E-state index is -1.20. The molecule has 0 unspecified atom stereocenters. The van der Waals surface area contributed by atoms with Gasteiger partial charge in [-0.2, -0.15) is 0 Å². The SMILES string of the molecule is OC(c1ccccc1)(c1ccccc1)[C@H]1[C@@H]2CC[C@@H](C2)[C@@H]1C(O)(c1ccccc1)c1ccccc1. The molecule has 2 aliphatic rings.